The number of nitrogens with zero attached hydrogens (tertiary/aromatic N) is 2. The second-order valence-electron chi connectivity index (χ2n) is 3.88. The van der Waals surface area contributed by atoms with Crippen molar-refractivity contribution < 1.29 is 9.53 Å². The number of carbonyl (C=O) groups excluding carboxylic acids is 1. The second-order valence-corrected chi connectivity index (χ2v) is 4.76. The lowest BCUT2D eigenvalue weighted by Gasteiger charge is -2.16. The highest BCUT2D eigenvalue weighted by Gasteiger charge is 2.11. The van der Waals surface area contributed by atoms with Crippen molar-refractivity contribution in [2.45, 2.75) is 6.54 Å². The molecular formula is C14H14N2O2S. The molecule has 2 aromatic rings. The number of ether oxygens (including phenoxy) is 1. The van der Waals surface area contributed by atoms with E-state index in [-0.39, 0.29) is 0 Å². The Labute approximate surface area is 115 Å². The Bertz CT molecular complexity index is 652. The van der Waals surface area contributed by atoms with Gasteiger partial charge in [0.25, 0.3) is 0 Å². The van der Waals surface area contributed by atoms with Crippen LogP contribution in [0.4, 0.5) is 4.79 Å². The van der Waals surface area contributed by atoms with Crippen LogP contribution in [-0.4, -0.2) is 23.1 Å². The first-order chi connectivity index (χ1) is 9.20. The maximum Gasteiger partial charge on any atom is 0.413 e. The molecule has 1 amide bonds. The van der Waals surface area contributed by atoms with Crippen LogP contribution < -0.4 is 9.88 Å². The van der Waals surface area contributed by atoms with E-state index >= 15 is 0 Å². The van der Waals surface area contributed by atoms with Gasteiger partial charge in [0, 0.05) is 6.20 Å². The zero-order chi connectivity index (χ0) is 13.7. The molecule has 0 aliphatic rings. The minimum Gasteiger partial charge on any atom is -0.452 e. The fourth-order valence-electron chi connectivity index (χ4n) is 1.59. The van der Waals surface area contributed by atoms with Gasteiger partial charge >= 0.3 is 6.09 Å². The van der Waals surface area contributed by atoms with Crippen molar-refractivity contribution in [3.05, 3.63) is 51.3 Å². The van der Waals surface area contributed by atoms with Crippen molar-refractivity contribution in [2.24, 2.45) is 0 Å². The van der Waals surface area contributed by atoms with Gasteiger partial charge in [0.15, 0.2) is 0 Å². The van der Waals surface area contributed by atoms with Gasteiger partial charge in [0.05, 0.1) is 29.0 Å². The summed E-state index contributed by atoms with van der Waals surface area (Å²) in [6.45, 7) is 4.26. The topological polar surface area (TPSA) is 42.4 Å². The molecule has 0 bridgehead atoms. The number of hydrogen-bond acceptors (Lipinski definition) is 4. The highest BCUT2D eigenvalue weighted by atomic mass is 32.1. The first-order valence-corrected chi connectivity index (χ1v) is 6.57. The number of aromatic nitrogens is 1. The van der Waals surface area contributed by atoms with E-state index < -0.39 is 6.09 Å². The molecule has 98 valence electrons. The first-order valence-electron chi connectivity index (χ1n) is 5.69. The molecule has 0 radical (unpaired) electrons. The molecule has 1 aromatic carbocycles. The standard InChI is InChI=1S/C14H14N2O2S/c1-11-13(19-10-15-11)9-16(14(17)18-2)8-12-6-4-3-5-7-12/h3-7,9-10H,1,8H2,2H3/b13-9-. The number of thiazole rings is 1. The van der Waals surface area contributed by atoms with Crippen LogP contribution in [0.3, 0.4) is 0 Å². The lowest BCUT2D eigenvalue weighted by Crippen LogP contribution is -2.30. The molecule has 1 heterocycles. The maximum atomic E-state index is 11.8. The highest BCUT2D eigenvalue weighted by Crippen LogP contribution is 2.06. The zero-order valence-electron chi connectivity index (χ0n) is 10.6. The van der Waals surface area contributed by atoms with Crippen LogP contribution in [-0.2, 0) is 11.3 Å². The number of hydrogen-bond donors (Lipinski definition) is 0. The maximum absolute atomic E-state index is 11.8. The van der Waals surface area contributed by atoms with E-state index in [1.165, 1.54) is 23.3 Å². The first kappa shape index (κ1) is 13.3. The van der Waals surface area contributed by atoms with Gasteiger partial charge in [-0.3, -0.25) is 4.90 Å². The van der Waals surface area contributed by atoms with Crippen molar-refractivity contribution in [1.29, 1.82) is 0 Å². The van der Waals surface area contributed by atoms with E-state index in [0.717, 1.165) is 10.1 Å². The monoisotopic (exact) mass is 274 g/mol. The number of methoxy groups -OCH3 is 1. The summed E-state index contributed by atoms with van der Waals surface area (Å²) >= 11 is 1.44. The van der Waals surface area contributed by atoms with Gasteiger partial charge in [-0.25, -0.2) is 9.78 Å². The fourth-order valence-corrected chi connectivity index (χ4v) is 2.26. The molecule has 19 heavy (non-hydrogen) atoms. The Morgan fingerprint density at radius 2 is 2.21 bits per heavy atom. The summed E-state index contributed by atoms with van der Waals surface area (Å²) in [5.41, 5.74) is 2.73. The fraction of sp³-hybridized carbons (Fsp3) is 0.143. The Morgan fingerprint density at radius 1 is 1.47 bits per heavy atom. The third-order valence-electron chi connectivity index (χ3n) is 2.55. The van der Waals surface area contributed by atoms with Gasteiger partial charge in [0.1, 0.15) is 0 Å². The van der Waals surface area contributed by atoms with Crippen molar-refractivity contribution in [2.75, 3.05) is 7.11 Å². The molecule has 4 nitrogen and oxygen atoms in total. The van der Waals surface area contributed by atoms with E-state index in [4.69, 9.17) is 4.74 Å². The van der Waals surface area contributed by atoms with E-state index in [0.29, 0.717) is 11.9 Å². The molecule has 0 atom stereocenters. The van der Waals surface area contributed by atoms with Gasteiger partial charge < -0.3 is 4.74 Å². The van der Waals surface area contributed by atoms with Gasteiger partial charge in [-0.15, -0.1) is 11.3 Å². The largest absolute Gasteiger partial charge is 0.452 e. The molecule has 0 spiro atoms. The molecule has 0 aliphatic heterocycles. The average Bonchev–Trinajstić information content (AvgIpc) is 2.84. The van der Waals surface area contributed by atoms with Gasteiger partial charge in [-0.2, -0.15) is 0 Å². The molecular weight excluding hydrogens is 260 g/mol. The van der Waals surface area contributed by atoms with Crippen LogP contribution in [0.25, 0.3) is 12.8 Å². The Morgan fingerprint density at radius 3 is 2.79 bits per heavy atom. The SMILES string of the molecule is C=c1ncs/c1=C\N(Cc1ccccc1)C(=O)OC. The molecule has 0 unspecified atom stereocenters. The molecule has 2 rings (SSSR count). The summed E-state index contributed by atoms with van der Waals surface area (Å²) in [7, 11) is 1.37. The minimum atomic E-state index is -0.406. The average molecular weight is 274 g/mol. The Hall–Kier alpha value is -2.14. The van der Waals surface area contributed by atoms with Crippen molar-refractivity contribution in [3.63, 3.8) is 0 Å². The predicted octanol–water partition coefficient (Wildman–Crippen LogP) is 1.56. The van der Waals surface area contributed by atoms with Crippen LogP contribution in [0.1, 0.15) is 5.56 Å². The number of amides is 1. The summed E-state index contributed by atoms with van der Waals surface area (Å²) in [5.74, 6) is 0. The second kappa shape index (κ2) is 6.15. The molecule has 0 saturated heterocycles. The van der Waals surface area contributed by atoms with Crippen LogP contribution in [0.5, 0.6) is 0 Å². The van der Waals surface area contributed by atoms with Crippen molar-refractivity contribution in [1.82, 2.24) is 9.88 Å². The zero-order valence-corrected chi connectivity index (χ0v) is 11.4. The van der Waals surface area contributed by atoms with Gasteiger partial charge in [0.2, 0.25) is 0 Å². The van der Waals surface area contributed by atoms with Crippen molar-refractivity contribution >= 4 is 30.2 Å². The van der Waals surface area contributed by atoms with Crippen molar-refractivity contribution in [3.8, 4) is 0 Å². The molecule has 0 aliphatic carbocycles. The summed E-state index contributed by atoms with van der Waals surface area (Å²) in [5, 5.41) is 0.659. The van der Waals surface area contributed by atoms with Crippen LogP contribution in [0.2, 0.25) is 0 Å². The molecule has 0 fully saturated rings. The molecule has 0 saturated carbocycles. The minimum absolute atomic E-state index is 0.406. The van der Waals surface area contributed by atoms with Crippen LogP contribution in [0, 0.1) is 0 Å². The highest BCUT2D eigenvalue weighted by molar-refractivity contribution is 7.07. The Kier molecular flexibility index (Phi) is 4.30. The van der Waals surface area contributed by atoms with Gasteiger partial charge in [-0.05, 0) is 5.56 Å². The quantitative estimate of drug-likeness (QED) is 0.853. The van der Waals surface area contributed by atoms with Crippen LogP contribution >= 0.6 is 11.3 Å². The lowest BCUT2D eigenvalue weighted by molar-refractivity contribution is 0.143. The van der Waals surface area contributed by atoms with E-state index in [1.54, 1.807) is 11.7 Å². The molecule has 1 aromatic heterocycles. The van der Waals surface area contributed by atoms with E-state index in [1.807, 2.05) is 30.3 Å². The number of carbonyl (C=O) groups is 1. The summed E-state index contributed by atoms with van der Waals surface area (Å²) < 4.78 is 5.64. The van der Waals surface area contributed by atoms with Gasteiger partial charge in [-0.1, -0.05) is 36.9 Å². The summed E-state index contributed by atoms with van der Waals surface area (Å²) in [6, 6.07) is 9.73. The third kappa shape index (κ3) is 3.42. The summed E-state index contributed by atoms with van der Waals surface area (Å²) in [6.07, 6.45) is 1.32. The van der Waals surface area contributed by atoms with E-state index in [2.05, 4.69) is 11.6 Å². The normalized spacial score (nSPS) is 11.3. The molecule has 0 N–H and O–H groups in total. The number of rotatable bonds is 3. The third-order valence-corrected chi connectivity index (χ3v) is 3.36. The predicted molar refractivity (Wildman–Crippen MR) is 75.7 cm³/mol. The smallest absolute Gasteiger partial charge is 0.413 e. The lowest BCUT2D eigenvalue weighted by atomic mass is 10.2. The van der Waals surface area contributed by atoms with E-state index in [9.17, 15) is 4.79 Å². The molecule has 5 heteroatoms. The van der Waals surface area contributed by atoms with Crippen LogP contribution in [0.15, 0.2) is 35.8 Å². The summed E-state index contributed by atoms with van der Waals surface area (Å²) in [4.78, 5) is 17.4. The number of benzene rings is 1. The Balaban J connectivity index is 2.30.